The summed E-state index contributed by atoms with van der Waals surface area (Å²) in [4.78, 5) is 27.1. The normalized spacial score (nSPS) is 13.7. The van der Waals surface area contributed by atoms with Crippen molar-refractivity contribution in [3.8, 4) is 0 Å². The van der Waals surface area contributed by atoms with Gasteiger partial charge in [-0.05, 0) is 43.7 Å². The predicted octanol–water partition coefficient (Wildman–Crippen LogP) is 3.79. The molecule has 162 valence electrons. The maximum Gasteiger partial charge on any atom is 0.238 e. The van der Waals surface area contributed by atoms with Crippen molar-refractivity contribution in [2.75, 3.05) is 23.7 Å². The van der Waals surface area contributed by atoms with Gasteiger partial charge in [0.05, 0.1) is 6.54 Å². The minimum atomic E-state index is -0.0944. The molecule has 1 aromatic carbocycles. The Morgan fingerprint density at radius 2 is 1.83 bits per heavy atom. The summed E-state index contributed by atoms with van der Waals surface area (Å²) in [7, 11) is 0. The largest absolute Gasteiger partial charge is 0.324 e. The number of benzene rings is 1. The molecule has 2 aromatic rings. The van der Waals surface area contributed by atoms with E-state index in [-0.39, 0.29) is 11.8 Å². The zero-order chi connectivity index (χ0) is 21.7. The fourth-order valence-corrected chi connectivity index (χ4v) is 4.34. The summed E-state index contributed by atoms with van der Waals surface area (Å²) in [6, 6.07) is 6.36. The summed E-state index contributed by atoms with van der Waals surface area (Å²) in [5, 5.41) is 15.5. The smallest absolute Gasteiger partial charge is 0.238 e. The first-order chi connectivity index (χ1) is 14.3. The van der Waals surface area contributed by atoms with Gasteiger partial charge in [-0.25, -0.2) is 0 Å². The highest BCUT2D eigenvalue weighted by atomic mass is 32.1. The van der Waals surface area contributed by atoms with E-state index in [1.807, 2.05) is 32.0 Å². The van der Waals surface area contributed by atoms with Crippen LogP contribution in [0, 0.1) is 19.8 Å². The van der Waals surface area contributed by atoms with E-state index >= 15 is 0 Å². The van der Waals surface area contributed by atoms with E-state index in [0.717, 1.165) is 41.1 Å². The molecule has 0 spiro atoms. The van der Waals surface area contributed by atoms with Gasteiger partial charge in [0.1, 0.15) is 5.01 Å². The van der Waals surface area contributed by atoms with Crippen LogP contribution in [0.3, 0.4) is 0 Å². The molecular weight excluding hydrogens is 398 g/mol. The average Bonchev–Trinajstić information content (AvgIpc) is 3.43. The molecule has 2 amide bonds. The van der Waals surface area contributed by atoms with E-state index in [9.17, 15) is 9.59 Å². The molecule has 3 rings (SSSR count). The summed E-state index contributed by atoms with van der Waals surface area (Å²) >= 11 is 1.43. The monoisotopic (exact) mass is 429 g/mol. The lowest BCUT2D eigenvalue weighted by molar-refractivity contribution is -0.119. The number of anilines is 2. The SMILES string of the molecule is Cc1cccc(C)c1NC(=O)CN(CCC(=O)Nc1nnc(CC(C)C)s1)C1CC1. The molecule has 2 N–H and O–H groups in total. The Kier molecular flexibility index (Phi) is 7.55. The number of nitrogens with zero attached hydrogens (tertiary/aromatic N) is 3. The molecule has 0 radical (unpaired) electrons. The van der Waals surface area contributed by atoms with Crippen molar-refractivity contribution in [2.24, 2.45) is 5.92 Å². The van der Waals surface area contributed by atoms with Crippen LogP contribution < -0.4 is 10.6 Å². The van der Waals surface area contributed by atoms with Crippen molar-refractivity contribution in [3.05, 3.63) is 34.3 Å². The Bertz CT molecular complexity index is 871. The molecule has 0 aliphatic heterocycles. The zero-order valence-corrected chi connectivity index (χ0v) is 19.0. The second kappa shape index (κ2) is 10.1. The van der Waals surface area contributed by atoms with Crippen molar-refractivity contribution in [1.82, 2.24) is 15.1 Å². The summed E-state index contributed by atoms with van der Waals surface area (Å²) < 4.78 is 0. The molecule has 1 saturated carbocycles. The van der Waals surface area contributed by atoms with Crippen molar-refractivity contribution >= 4 is 34.0 Å². The molecular formula is C22H31N5O2S. The van der Waals surface area contributed by atoms with E-state index in [0.29, 0.717) is 36.6 Å². The minimum Gasteiger partial charge on any atom is -0.324 e. The fraction of sp³-hybridized carbons (Fsp3) is 0.545. The van der Waals surface area contributed by atoms with Gasteiger partial charge in [0, 0.05) is 31.1 Å². The Hall–Kier alpha value is -2.32. The highest BCUT2D eigenvalue weighted by Gasteiger charge is 2.30. The number of para-hydroxylation sites is 1. The van der Waals surface area contributed by atoms with Crippen LogP contribution in [0.15, 0.2) is 18.2 Å². The summed E-state index contributed by atoms with van der Waals surface area (Å²) in [6.45, 7) is 9.08. The molecule has 0 bridgehead atoms. The summed E-state index contributed by atoms with van der Waals surface area (Å²) in [5.41, 5.74) is 2.98. The highest BCUT2D eigenvalue weighted by Crippen LogP contribution is 2.27. The summed E-state index contributed by atoms with van der Waals surface area (Å²) in [5.74, 6) is 0.369. The first kappa shape index (κ1) is 22.4. The van der Waals surface area contributed by atoms with Crippen LogP contribution >= 0.6 is 11.3 Å². The molecule has 1 fully saturated rings. The van der Waals surface area contributed by atoms with Gasteiger partial charge in [-0.3, -0.25) is 14.5 Å². The number of hydrogen-bond acceptors (Lipinski definition) is 6. The van der Waals surface area contributed by atoms with Gasteiger partial charge >= 0.3 is 0 Å². The third-order valence-corrected chi connectivity index (χ3v) is 5.94. The third kappa shape index (κ3) is 6.60. The van der Waals surface area contributed by atoms with Crippen molar-refractivity contribution in [1.29, 1.82) is 0 Å². The van der Waals surface area contributed by atoms with Crippen LogP contribution in [0.2, 0.25) is 0 Å². The van der Waals surface area contributed by atoms with Gasteiger partial charge in [-0.2, -0.15) is 0 Å². The van der Waals surface area contributed by atoms with Gasteiger partial charge < -0.3 is 10.6 Å². The fourth-order valence-electron chi connectivity index (χ4n) is 3.37. The number of carbonyl (C=O) groups is 2. The van der Waals surface area contributed by atoms with Crippen molar-refractivity contribution < 1.29 is 9.59 Å². The van der Waals surface area contributed by atoms with Gasteiger partial charge in [0.2, 0.25) is 16.9 Å². The van der Waals surface area contributed by atoms with E-state index < -0.39 is 0 Å². The van der Waals surface area contributed by atoms with E-state index in [1.54, 1.807) is 0 Å². The number of nitrogens with one attached hydrogen (secondary N) is 2. The number of rotatable bonds is 10. The van der Waals surface area contributed by atoms with Crippen molar-refractivity contribution in [2.45, 2.75) is 59.4 Å². The number of amides is 2. The van der Waals surface area contributed by atoms with E-state index in [2.05, 4.69) is 39.6 Å². The molecule has 7 nitrogen and oxygen atoms in total. The Morgan fingerprint density at radius 1 is 1.13 bits per heavy atom. The number of aromatic nitrogens is 2. The van der Waals surface area contributed by atoms with Crippen LogP contribution in [0.25, 0.3) is 0 Å². The van der Waals surface area contributed by atoms with Crippen LogP contribution in [-0.4, -0.2) is 46.0 Å². The van der Waals surface area contributed by atoms with Gasteiger partial charge in [0.15, 0.2) is 0 Å². The van der Waals surface area contributed by atoms with Gasteiger partial charge in [-0.1, -0.05) is 43.4 Å². The Morgan fingerprint density at radius 3 is 2.47 bits per heavy atom. The number of carbonyl (C=O) groups excluding carboxylic acids is 2. The molecule has 1 aromatic heterocycles. The predicted molar refractivity (Wildman–Crippen MR) is 121 cm³/mol. The topological polar surface area (TPSA) is 87.2 Å². The zero-order valence-electron chi connectivity index (χ0n) is 18.2. The lowest BCUT2D eigenvalue weighted by Gasteiger charge is -2.21. The summed E-state index contributed by atoms with van der Waals surface area (Å²) in [6.07, 6.45) is 3.34. The van der Waals surface area contributed by atoms with E-state index in [4.69, 9.17) is 0 Å². The van der Waals surface area contributed by atoms with Crippen molar-refractivity contribution in [3.63, 3.8) is 0 Å². The number of aryl methyl sites for hydroxylation is 2. The molecule has 1 aliphatic rings. The van der Waals surface area contributed by atoms with Gasteiger partial charge in [0.25, 0.3) is 0 Å². The highest BCUT2D eigenvalue weighted by molar-refractivity contribution is 7.15. The first-order valence-corrected chi connectivity index (χ1v) is 11.4. The van der Waals surface area contributed by atoms with Crippen LogP contribution in [0.4, 0.5) is 10.8 Å². The second-order valence-corrected chi connectivity index (χ2v) is 9.48. The van der Waals surface area contributed by atoms with Crippen LogP contribution in [0.1, 0.15) is 49.2 Å². The third-order valence-electron chi connectivity index (χ3n) is 5.08. The van der Waals surface area contributed by atoms with E-state index in [1.165, 1.54) is 11.3 Å². The average molecular weight is 430 g/mol. The quantitative estimate of drug-likeness (QED) is 0.600. The van der Waals surface area contributed by atoms with Crippen LogP contribution in [-0.2, 0) is 16.0 Å². The lowest BCUT2D eigenvalue weighted by atomic mass is 10.1. The standard InChI is InChI=1S/C22H31N5O2S/c1-14(2)12-20-25-26-22(30-20)24-18(28)10-11-27(17-8-9-17)13-19(29)23-21-15(3)6-5-7-16(21)4/h5-7,14,17H,8-13H2,1-4H3,(H,23,29)(H,24,26,28). The maximum absolute atomic E-state index is 12.6. The number of hydrogen-bond donors (Lipinski definition) is 2. The molecule has 1 aliphatic carbocycles. The molecule has 0 unspecified atom stereocenters. The molecule has 1 heterocycles. The Labute approximate surface area is 182 Å². The molecule has 0 atom stereocenters. The molecule has 8 heteroatoms. The second-order valence-electron chi connectivity index (χ2n) is 8.41. The molecule has 0 saturated heterocycles. The Balaban J connectivity index is 1.49. The lowest BCUT2D eigenvalue weighted by Crippen LogP contribution is -2.37. The minimum absolute atomic E-state index is 0.0397. The van der Waals surface area contributed by atoms with Crippen LogP contribution in [0.5, 0.6) is 0 Å². The first-order valence-electron chi connectivity index (χ1n) is 10.5. The van der Waals surface area contributed by atoms with Gasteiger partial charge in [-0.15, -0.1) is 10.2 Å². The molecule has 30 heavy (non-hydrogen) atoms. The maximum atomic E-state index is 12.6.